The number of carbonyl (C=O) groups is 2. The van der Waals surface area contributed by atoms with E-state index in [4.69, 9.17) is 9.47 Å². The minimum Gasteiger partial charge on any atom is -0.744 e. The fourth-order valence-corrected chi connectivity index (χ4v) is 6.22. The smallest absolute Gasteiger partial charge is 0.286 e. The minimum absolute atomic E-state index is 0.0286. The van der Waals surface area contributed by atoms with Crippen molar-refractivity contribution >= 4 is 45.7 Å². The van der Waals surface area contributed by atoms with Crippen molar-refractivity contribution in [2.24, 2.45) is 24.3 Å². The largest absolute Gasteiger partial charge is 0.744 e. The molecule has 4 aromatic heterocycles. The Bertz CT molecular complexity index is 2560. The average molecular weight is 816 g/mol. The Labute approximate surface area is 341 Å². The van der Waals surface area contributed by atoms with Crippen LogP contribution in [0.1, 0.15) is 40.9 Å². The van der Waals surface area contributed by atoms with Crippen LogP contribution < -0.4 is 29.1 Å². The van der Waals surface area contributed by atoms with Crippen molar-refractivity contribution in [3.05, 3.63) is 162 Å². The molecule has 0 unspecified atom stereocenters. The molecule has 0 aliphatic heterocycles. The van der Waals surface area contributed by atoms with Gasteiger partial charge in [-0.2, -0.15) is 10.2 Å². The van der Waals surface area contributed by atoms with Crippen LogP contribution in [0.3, 0.4) is 0 Å². The molecule has 0 saturated carbocycles. The second kappa shape index (κ2) is 19.3. The van der Waals surface area contributed by atoms with Gasteiger partial charge < -0.3 is 14.0 Å². The first kappa shape index (κ1) is 41.5. The lowest BCUT2D eigenvalue weighted by atomic mass is 10.2. The highest BCUT2D eigenvalue weighted by Gasteiger charge is 2.15. The Hall–Kier alpha value is -7.17. The van der Waals surface area contributed by atoms with Gasteiger partial charge in [0.2, 0.25) is 11.8 Å². The van der Waals surface area contributed by atoms with E-state index in [2.05, 4.69) is 39.0 Å². The van der Waals surface area contributed by atoms with Crippen molar-refractivity contribution in [2.45, 2.75) is 37.9 Å². The molecule has 0 bridgehead atoms. The molecule has 2 N–H and O–H groups in total. The molecule has 7 aromatic rings. The molecule has 7 rings (SSSR count). The predicted octanol–water partition coefficient (Wildman–Crippen LogP) is 4.28. The number of carbonyl (C=O) groups excluding carboxylic acids is 2. The van der Waals surface area contributed by atoms with Crippen molar-refractivity contribution in [3.63, 3.8) is 0 Å². The third kappa shape index (κ3) is 11.7. The van der Waals surface area contributed by atoms with Gasteiger partial charge in [0.15, 0.2) is 24.6 Å². The standard InChI is InChI=1S/C36H34N8O4.C7H8O3S/c1-41-29(23-43-19-5-3-7-35(41)43)25-47-31-13-9-27(10-14-31)21-37-39-33(45)17-18-34(46)40-38-22-28-11-15-32(16-12-28)48-26-30-24-44-20-6-4-8-36(44)42(30)2;1-6-2-4-7(5-3-6)11(8,9)10/h3-16,19-24H,17-18,25-26H2,1-2H3;2-5H,1H3,(H,8,9,10)/p+1/b37-21+,38-22+;. The number of nitrogens with one attached hydrogen (secondary N) is 2. The number of hydrogen-bond acceptors (Lipinski definition) is 9. The maximum Gasteiger partial charge on any atom is 0.286 e. The summed E-state index contributed by atoms with van der Waals surface area (Å²) in [5, 5.41) is 7.97. The molecular formula is C43H43N8O7S+. The molecule has 16 heteroatoms. The van der Waals surface area contributed by atoms with Crippen LogP contribution in [0.25, 0.3) is 11.3 Å². The molecule has 15 nitrogen and oxygen atoms in total. The van der Waals surface area contributed by atoms with E-state index in [1.54, 1.807) is 12.1 Å². The van der Waals surface area contributed by atoms with Gasteiger partial charge in [-0.3, -0.25) is 9.59 Å². The van der Waals surface area contributed by atoms with E-state index in [0.717, 1.165) is 50.9 Å². The summed E-state index contributed by atoms with van der Waals surface area (Å²) in [5.74, 6) is 0.683. The topological polar surface area (TPSA) is 177 Å². The first-order valence-electron chi connectivity index (χ1n) is 18.4. The number of imidazole rings is 2. The van der Waals surface area contributed by atoms with E-state index in [1.165, 1.54) is 24.6 Å². The Morgan fingerprint density at radius 3 is 1.47 bits per heavy atom. The first-order valence-corrected chi connectivity index (χ1v) is 19.8. The number of fused-ring (bicyclic) bond motifs is 2. The van der Waals surface area contributed by atoms with E-state index in [9.17, 15) is 22.6 Å². The normalized spacial score (nSPS) is 11.5. The number of hydrogen-bond donors (Lipinski definition) is 2. The minimum atomic E-state index is -4.27. The van der Waals surface area contributed by atoms with E-state index in [1.807, 2.05) is 131 Å². The van der Waals surface area contributed by atoms with Crippen molar-refractivity contribution < 1.29 is 40.8 Å². The highest BCUT2D eigenvalue weighted by Crippen LogP contribution is 2.16. The van der Waals surface area contributed by atoms with Gasteiger partial charge in [-0.25, -0.2) is 37.2 Å². The van der Waals surface area contributed by atoms with Gasteiger partial charge in [-0.1, -0.05) is 29.8 Å². The fraction of sp³-hybridized carbons (Fsp3) is 0.163. The molecule has 4 heterocycles. The number of nitrogens with zero attached hydrogens (tertiary/aromatic N) is 6. The quantitative estimate of drug-likeness (QED) is 0.0713. The summed E-state index contributed by atoms with van der Waals surface area (Å²) in [4.78, 5) is 24.1. The lowest BCUT2D eigenvalue weighted by Crippen LogP contribution is -2.22. The van der Waals surface area contributed by atoms with Gasteiger partial charge in [-0.05, 0) is 90.8 Å². The molecule has 59 heavy (non-hydrogen) atoms. The van der Waals surface area contributed by atoms with Crippen LogP contribution in [0.15, 0.2) is 149 Å². The predicted molar refractivity (Wildman–Crippen MR) is 219 cm³/mol. The van der Waals surface area contributed by atoms with Crippen molar-refractivity contribution in [1.29, 1.82) is 0 Å². The molecule has 0 radical (unpaired) electrons. The SMILES string of the molecule is Cc1ccc(S(=O)(=O)[O-])cc1.Cn1c(COc2ccc(/C=N/NC(=O)CCC(=O)N/N=C/c3ccc(OCc4c[n+]5ccccc5n4C)cc3)cc2)c[n+]2ccccc12. The summed E-state index contributed by atoms with van der Waals surface area (Å²) in [6.07, 6.45) is 11.1. The Morgan fingerprint density at radius 1 is 0.661 bits per heavy atom. The lowest BCUT2D eigenvalue weighted by molar-refractivity contribution is -0.511. The van der Waals surface area contributed by atoms with Gasteiger partial charge in [0.1, 0.15) is 34.0 Å². The van der Waals surface area contributed by atoms with Crippen molar-refractivity contribution in [3.8, 4) is 11.5 Å². The molecule has 0 aliphatic carbocycles. The fourth-order valence-electron chi connectivity index (χ4n) is 5.75. The summed E-state index contributed by atoms with van der Waals surface area (Å²) in [6.45, 7) is 2.67. The summed E-state index contributed by atoms with van der Waals surface area (Å²) in [7, 11) is -0.254. The lowest BCUT2D eigenvalue weighted by Gasteiger charge is -2.05. The number of rotatable bonds is 14. The summed E-state index contributed by atoms with van der Waals surface area (Å²) < 4.78 is 51.3. The number of aromatic nitrogens is 4. The number of benzene rings is 3. The number of hydrazone groups is 2. The number of ether oxygens (including phenoxy) is 2. The van der Waals surface area contributed by atoms with Crippen LogP contribution in [0.4, 0.5) is 0 Å². The van der Waals surface area contributed by atoms with E-state index in [0.29, 0.717) is 13.2 Å². The van der Waals surface area contributed by atoms with Crippen LogP contribution in [0, 0.1) is 6.92 Å². The van der Waals surface area contributed by atoms with Crippen LogP contribution in [-0.2, 0) is 47.0 Å². The first-order chi connectivity index (χ1) is 28.4. The van der Waals surface area contributed by atoms with E-state index in [-0.39, 0.29) is 29.6 Å². The molecular weight excluding hydrogens is 773 g/mol. The van der Waals surface area contributed by atoms with E-state index < -0.39 is 10.1 Å². The maximum absolute atomic E-state index is 12.2. The van der Waals surface area contributed by atoms with Crippen molar-refractivity contribution in [1.82, 2.24) is 20.0 Å². The summed E-state index contributed by atoms with van der Waals surface area (Å²) in [6, 6.07) is 32.6. The number of pyridine rings is 2. The maximum atomic E-state index is 12.2. The zero-order chi connectivity index (χ0) is 41.8. The molecule has 0 atom stereocenters. The molecule has 0 fully saturated rings. The third-order valence-corrected chi connectivity index (χ3v) is 9.94. The van der Waals surface area contributed by atoms with Crippen LogP contribution in [0.5, 0.6) is 11.5 Å². The summed E-state index contributed by atoms with van der Waals surface area (Å²) in [5.41, 5.74) is 11.6. The van der Waals surface area contributed by atoms with Gasteiger partial charge in [0, 0.05) is 25.0 Å². The van der Waals surface area contributed by atoms with Gasteiger partial charge in [-0.15, -0.1) is 0 Å². The van der Waals surface area contributed by atoms with Crippen LogP contribution in [0.2, 0.25) is 0 Å². The molecule has 302 valence electrons. The molecule has 3 aromatic carbocycles. The van der Waals surface area contributed by atoms with Gasteiger partial charge >= 0.3 is 0 Å². The van der Waals surface area contributed by atoms with E-state index >= 15 is 0 Å². The van der Waals surface area contributed by atoms with Crippen LogP contribution >= 0.6 is 0 Å². The Kier molecular flexibility index (Phi) is 13.6. The number of amides is 2. The molecule has 0 spiro atoms. The summed E-state index contributed by atoms with van der Waals surface area (Å²) >= 11 is 0. The average Bonchev–Trinajstić information content (AvgIpc) is 3.74. The highest BCUT2D eigenvalue weighted by molar-refractivity contribution is 7.85. The van der Waals surface area contributed by atoms with Gasteiger partial charge in [0.05, 0.1) is 43.8 Å². The molecule has 2 amide bonds. The zero-order valence-electron chi connectivity index (χ0n) is 32.6. The molecule has 0 saturated heterocycles. The van der Waals surface area contributed by atoms with Crippen LogP contribution in [-0.4, -0.2) is 46.3 Å². The molecule has 0 aliphatic rings. The second-order valence-corrected chi connectivity index (χ2v) is 14.7. The van der Waals surface area contributed by atoms with Gasteiger partial charge in [0.25, 0.3) is 11.3 Å². The zero-order valence-corrected chi connectivity index (χ0v) is 33.5. The highest BCUT2D eigenvalue weighted by atomic mass is 32.2. The number of aryl methyl sites for hydroxylation is 3. The third-order valence-electron chi connectivity index (χ3n) is 9.09. The van der Waals surface area contributed by atoms with Crippen molar-refractivity contribution in [2.75, 3.05) is 0 Å². The monoisotopic (exact) mass is 815 g/mol. The second-order valence-electron chi connectivity index (χ2n) is 13.4. The Morgan fingerprint density at radius 2 is 1.08 bits per heavy atom. The Balaban J connectivity index is 0.000000461.